The summed E-state index contributed by atoms with van der Waals surface area (Å²) in [6, 6.07) is 0. The van der Waals surface area contributed by atoms with Gasteiger partial charge in [-0.05, 0) is 19.9 Å². The molecule has 108 valence electrons. The Morgan fingerprint density at radius 2 is 2.37 bits per heavy atom. The number of ether oxygens (including phenoxy) is 1. The minimum Gasteiger partial charge on any atom is -0.384 e. The van der Waals surface area contributed by atoms with E-state index in [4.69, 9.17) is 16.3 Å². The molecule has 1 aliphatic heterocycles. The first kappa shape index (κ1) is 14.8. The third kappa shape index (κ3) is 3.28. The van der Waals surface area contributed by atoms with Gasteiger partial charge in [0, 0.05) is 19.6 Å². The Labute approximate surface area is 119 Å². The molecule has 1 saturated heterocycles. The summed E-state index contributed by atoms with van der Waals surface area (Å²) in [5.41, 5.74) is 0.660. The highest BCUT2D eigenvalue weighted by molar-refractivity contribution is 6.31. The molecule has 0 aromatic carbocycles. The number of hydrogen-bond acceptors (Lipinski definition) is 4. The Balaban J connectivity index is 2.10. The highest BCUT2D eigenvalue weighted by Crippen LogP contribution is 2.28. The SMILES string of the molecule is CCCN1CCOC(C(O)c2c(Cl)cnn2CC)C1. The fourth-order valence-electron chi connectivity index (χ4n) is 2.54. The summed E-state index contributed by atoms with van der Waals surface area (Å²) in [6.45, 7) is 8.17. The van der Waals surface area contributed by atoms with E-state index < -0.39 is 6.10 Å². The van der Waals surface area contributed by atoms with Crippen LogP contribution in [0.2, 0.25) is 5.02 Å². The van der Waals surface area contributed by atoms with Crippen molar-refractivity contribution < 1.29 is 9.84 Å². The molecule has 0 amide bonds. The van der Waals surface area contributed by atoms with Gasteiger partial charge in [0.05, 0.1) is 23.5 Å². The lowest BCUT2D eigenvalue weighted by Crippen LogP contribution is -2.45. The zero-order chi connectivity index (χ0) is 13.8. The highest BCUT2D eigenvalue weighted by atomic mass is 35.5. The second-order valence-corrected chi connectivity index (χ2v) is 5.26. The molecule has 2 rings (SSSR count). The van der Waals surface area contributed by atoms with Gasteiger partial charge in [0.15, 0.2) is 0 Å². The van der Waals surface area contributed by atoms with E-state index in [2.05, 4.69) is 16.9 Å². The Kier molecular flexibility index (Phi) is 5.21. The third-order valence-corrected chi connectivity index (χ3v) is 3.77. The number of morpholine rings is 1. The summed E-state index contributed by atoms with van der Waals surface area (Å²) in [4.78, 5) is 2.32. The normalized spacial score (nSPS) is 22.6. The number of aryl methyl sites for hydroxylation is 1. The fraction of sp³-hybridized carbons (Fsp3) is 0.769. The molecule has 19 heavy (non-hydrogen) atoms. The highest BCUT2D eigenvalue weighted by Gasteiger charge is 2.31. The lowest BCUT2D eigenvalue weighted by molar-refractivity contribution is -0.0920. The molecule has 1 fully saturated rings. The van der Waals surface area contributed by atoms with Crippen molar-refractivity contribution in [3.05, 3.63) is 16.9 Å². The van der Waals surface area contributed by atoms with E-state index in [9.17, 15) is 5.11 Å². The maximum atomic E-state index is 10.5. The standard InChI is InChI=1S/C13H22ClN3O2/c1-3-5-16-6-7-19-11(9-16)13(18)12-10(14)8-15-17(12)4-2/h8,11,13,18H,3-7,9H2,1-2H3. The van der Waals surface area contributed by atoms with Crippen molar-refractivity contribution in [1.82, 2.24) is 14.7 Å². The second kappa shape index (κ2) is 6.70. The molecular weight excluding hydrogens is 266 g/mol. The average molecular weight is 288 g/mol. The molecule has 0 radical (unpaired) electrons. The van der Waals surface area contributed by atoms with E-state index >= 15 is 0 Å². The predicted octanol–water partition coefficient (Wildman–Crippen LogP) is 1.70. The van der Waals surface area contributed by atoms with Gasteiger partial charge in [-0.25, -0.2) is 0 Å². The van der Waals surface area contributed by atoms with Gasteiger partial charge in [0.2, 0.25) is 0 Å². The van der Waals surface area contributed by atoms with Crippen LogP contribution in [0, 0.1) is 0 Å². The van der Waals surface area contributed by atoms with Gasteiger partial charge in [-0.3, -0.25) is 9.58 Å². The topological polar surface area (TPSA) is 50.5 Å². The molecule has 2 atom stereocenters. The van der Waals surface area contributed by atoms with Crippen LogP contribution in [0.3, 0.4) is 0 Å². The number of aliphatic hydroxyl groups is 1. The smallest absolute Gasteiger partial charge is 0.124 e. The van der Waals surface area contributed by atoms with E-state index in [1.165, 1.54) is 0 Å². The Bertz CT molecular complexity index is 409. The van der Waals surface area contributed by atoms with Crippen molar-refractivity contribution in [2.75, 3.05) is 26.2 Å². The first-order valence-electron chi connectivity index (χ1n) is 6.90. The maximum Gasteiger partial charge on any atom is 0.124 e. The number of nitrogens with zero attached hydrogens (tertiary/aromatic N) is 3. The minimum absolute atomic E-state index is 0.236. The maximum absolute atomic E-state index is 10.5. The van der Waals surface area contributed by atoms with Crippen molar-refractivity contribution in [2.45, 2.75) is 39.0 Å². The summed E-state index contributed by atoms with van der Waals surface area (Å²) >= 11 is 6.12. The van der Waals surface area contributed by atoms with E-state index in [-0.39, 0.29) is 6.10 Å². The van der Waals surface area contributed by atoms with Crippen molar-refractivity contribution in [3.63, 3.8) is 0 Å². The molecule has 1 aromatic heterocycles. The first-order chi connectivity index (χ1) is 9.17. The van der Waals surface area contributed by atoms with E-state index in [0.29, 0.717) is 23.9 Å². The van der Waals surface area contributed by atoms with E-state index in [1.54, 1.807) is 10.9 Å². The summed E-state index contributed by atoms with van der Waals surface area (Å²) < 4.78 is 7.43. The van der Waals surface area contributed by atoms with Crippen molar-refractivity contribution >= 4 is 11.6 Å². The van der Waals surface area contributed by atoms with Crippen LogP contribution in [-0.4, -0.2) is 52.1 Å². The third-order valence-electron chi connectivity index (χ3n) is 3.48. The molecule has 6 heteroatoms. The van der Waals surface area contributed by atoms with Gasteiger partial charge in [0.1, 0.15) is 12.2 Å². The van der Waals surface area contributed by atoms with Gasteiger partial charge in [-0.1, -0.05) is 18.5 Å². The molecule has 1 N–H and O–H groups in total. The Morgan fingerprint density at radius 1 is 1.58 bits per heavy atom. The molecule has 0 spiro atoms. The molecule has 1 aliphatic rings. The zero-order valence-electron chi connectivity index (χ0n) is 11.5. The lowest BCUT2D eigenvalue weighted by Gasteiger charge is -2.35. The molecule has 0 aliphatic carbocycles. The zero-order valence-corrected chi connectivity index (χ0v) is 12.3. The van der Waals surface area contributed by atoms with Gasteiger partial charge in [-0.15, -0.1) is 0 Å². The van der Waals surface area contributed by atoms with Crippen LogP contribution in [0.15, 0.2) is 6.20 Å². The monoisotopic (exact) mass is 287 g/mol. The van der Waals surface area contributed by atoms with Crippen LogP contribution in [0.4, 0.5) is 0 Å². The predicted molar refractivity (Wildman–Crippen MR) is 74.3 cm³/mol. The van der Waals surface area contributed by atoms with Crippen LogP contribution in [-0.2, 0) is 11.3 Å². The molecule has 0 saturated carbocycles. The number of hydrogen-bond donors (Lipinski definition) is 1. The van der Waals surface area contributed by atoms with Gasteiger partial charge >= 0.3 is 0 Å². The van der Waals surface area contributed by atoms with Gasteiger partial charge < -0.3 is 9.84 Å². The summed E-state index contributed by atoms with van der Waals surface area (Å²) in [6.07, 6.45) is 1.72. The fourth-order valence-corrected chi connectivity index (χ4v) is 2.79. The molecule has 2 heterocycles. The minimum atomic E-state index is -0.727. The van der Waals surface area contributed by atoms with E-state index in [1.807, 2.05) is 6.92 Å². The number of rotatable bonds is 5. The van der Waals surface area contributed by atoms with Crippen LogP contribution >= 0.6 is 11.6 Å². The van der Waals surface area contributed by atoms with Crippen LogP contribution < -0.4 is 0 Å². The number of aromatic nitrogens is 2. The van der Waals surface area contributed by atoms with Crippen molar-refractivity contribution in [3.8, 4) is 0 Å². The van der Waals surface area contributed by atoms with Gasteiger partial charge in [-0.2, -0.15) is 5.10 Å². The largest absolute Gasteiger partial charge is 0.384 e. The van der Waals surface area contributed by atoms with Crippen LogP contribution in [0.25, 0.3) is 0 Å². The van der Waals surface area contributed by atoms with Crippen molar-refractivity contribution in [1.29, 1.82) is 0 Å². The quantitative estimate of drug-likeness (QED) is 0.896. The Hall–Kier alpha value is -0.620. The second-order valence-electron chi connectivity index (χ2n) is 4.85. The van der Waals surface area contributed by atoms with E-state index in [0.717, 1.165) is 26.1 Å². The first-order valence-corrected chi connectivity index (χ1v) is 7.28. The van der Waals surface area contributed by atoms with Crippen molar-refractivity contribution in [2.24, 2.45) is 0 Å². The Morgan fingerprint density at radius 3 is 3.05 bits per heavy atom. The summed E-state index contributed by atoms with van der Waals surface area (Å²) in [5.74, 6) is 0. The number of halogens is 1. The van der Waals surface area contributed by atoms with Crippen LogP contribution in [0.5, 0.6) is 0 Å². The summed E-state index contributed by atoms with van der Waals surface area (Å²) in [5, 5.41) is 15.2. The number of aliphatic hydroxyl groups excluding tert-OH is 1. The average Bonchev–Trinajstić information content (AvgIpc) is 2.80. The van der Waals surface area contributed by atoms with Crippen LogP contribution in [0.1, 0.15) is 32.1 Å². The molecule has 0 bridgehead atoms. The lowest BCUT2D eigenvalue weighted by atomic mass is 10.1. The molecule has 5 nitrogen and oxygen atoms in total. The molecule has 2 unspecified atom stereocenters. The molecular formula is C13H22ClN3O2. The molecule has 1 aromatic rings. The summed E-state index contributed by atoms with van der Waals surface area (Å²) in [7, 11) is 0. The van der Waals surface area contributed by atoms with Gasteiger partial charge in [0.25, 0.3) is 0 Å².